The Morgan fingerprint density at radius 3 is 2.64 bits per heavy atom. The van der Waals surface area contributed by atoms with E-state index >= 15 is 0 Å². The van der Waals surface area contributed by atoms with Gasteiger partial charge in [0.05, 0.1) is 0 Å². The number of hydrogen-bond acceptors (Lipinski definition) is 3. The molecule has 0 aliphatic carbocycles. The molecule has 0 spiro atoms. The lowest BCUT2D eigenvalue weighted by atomic mass is 9.93. The van der Waals surface area contributed by atoms with Gasteiger partial charge in [-0.1, -0.05) is 17.5 Å². The largest absolute Gasteiger partial charge is 0.433 e. The second kappa shape index (κ2) is 4.54. The maximum atomic E-state index is 11.2. The molecule has 0 atom stereocenters. The van der Waals surface area contributed by atoms with Crippen LogP contribution in [0.15, 0.2) is 0 Å². The molecular weight excluding hydrogens is 206 g/mol. The highest BCUT2D eigenvalue weighted by Gasteiger charge is 2.32. The fraction of sp³-hybridized carbons (Fsp3) is 0.667. The quantitative estimate of drug-likeness (QED) is 0.522. The van der Waals surface area contributed by atoms with Gasteiger partial charge in [0.2, 0.25) is 0 Å². The zero-order chi connectivity index (χ0) is 10.6. The SMILES string of the molecule is C#CC1(O)CCN(C(=O)OCCl)CC1. The number of halogens is 1. The van der Waals surface area contributed by atoms with Crippen LogP contribution in [0.1, 0.15) is 12.8 Å². The third-order valence-electron chi connectivity index (χ3n) is 2.30. The second-order valence-electron chi connectivity index (χ2n) is 3.18. The monoisotopic (exact) mass is 217 g/mol. The van der Waals surface area contributed by atoms with Gasteiger partial charge in [-0.2, -0.15) is 0 Å². The Kier molecular flexibility index (Phi) is 3.62. The van der Waals surface area contributed by atoms with E-state index in [0.717, 1.165) is 0 Å². The van der Waals surface area contributed by atoms with Crippen molar-refractivity contribution >= 4 is 17.7 Å². The van der Waals surface area contributed by atoms with E-state index in [0.29, 0.717) is 25.9 Å². The molecule has 0 unspecified atom stereocenters. The van der Waals surface area contributed by atoms with Crippen molar-refractivity contribution in [3.05, 3.63) is 0 Å². The average molecular weight is 218 g/mol. The number of terminal acetylenes is 1. The van der Waals surface area contributed by atoms with Gasteiger partial charge in [-0.05, 0) is 0 Å². The van der Waals surface area contributed by atoms with E-state index in [-0.39, 0.29) is 6.07 Å². The van der Waals surface area contributed by atoms with Crippen LogP contribution in [-0.4, -0.2) is 40.9 Å². The predicted octanol–water partition coefficient (Wildman–Crippen LogP) is 0.779. The molecule has 1 N–H and O–H groups in total. The van der Waals surface area contributed by atoms with Gasteiger partial charge in [0.25, 0.3) is 0 Å². The van der Waals surface area contributed by atoms with Crippen LogP contribution in [0.25, 0.3) is 0 Å². The summed E-state index contributed by atoms with van der Waals surface area (Å²) < 4.78 is 4.60. The fourth-order valence-electron chi connectivity index (χ4n) is 1.34. The molecule has 1 rings (SSSR count). The number of piperidine rings is 1. The molecular formula is C9H12ClNO3. The minimum atomic E-state index is -1.07. The minimum absolute atomic E-state index is 0.158. The van der Waals surface area contributed by atoms with E-state index in [1.807, 2.05) is 0 Å². The lowest BCUT2D eigenvalue weighted by Gasteiger charge is -2.34. The van der Waals surface area contributed by atoms with Gasteiger partial charge in [0.15, 0.2) is 6.07 Å². The van der Waals surface area contributed by atoms with Gasteiger partial charge >= 0.3 is 6.09 Å². The van der Waals surface area contributed by atoms with E-state index in [1.165, 1.54) is 4.90 Å². The van der Waals surface area contributed by atoms with Crippen molar-refractivity contribution < 1.29 is 14.6 Å². The number of rotatable bonds is 1. The van der Waals surface area contributed by atoms with Gasteiger partial charge < -0.3 is 14.7 Å². The first kappa shape index (κ1) is 11.2. The molecule has 0 aromatic heterocycles. The van der Waals surface area contributed by atoms with Crippen molar-refractivity contribution in [2.24, 2.45) is 0 Å². The van der Waals surface area contributed by atoms with E-state index in [4.69, 9.17) is 18.0 Å². The van der Waals surface area contributed by atoms with Gasteiger partial charge in [-0.25, -0.2) is 4.79 Å². The van der Waals surface area contributed by atoms with Crippen molar-refractivity contribution in [2.45, 2.75) is 18.4 Å². The first-order valence-electron chi connectivity index (χ1n) is 4.29. The summed E-state index contributed by atoms with van der Waals surface area (Å²) in [4.78, 5) is 12.7. The summed E-state index contributed by atoms with van der Waals surface area (Å²) in [7, 11) is 0. The summed E-state index contributed by atoms with van der Waals surface area (Å²) in [5.74, 6) is 2.32. The summed E-state index contributed by atoms with van der Waals surface area (Å²) in [5, 5.41) is 9.67. The highest BCUT2D eigenvalue weighted by molar-refractivity contribution is 6.17. The van der Waals surface area contributed by atoms with Crippen LogP contribution >= 0.6 is 11.6 Å². The molecule has 1 amide bonds. The summed E-state index contributed by atoms with van der Waals surface area (Å²) in [6.07, 6.45) is 5.45. The Labute approximate surface area is 87.8 Å². The molecule has 0 aromatic rings. The maximum absolute atomic E-state index is 11.2. The summed E-state index contributed by atoms with van der Waals surface area (Å²) in [6, 6.07) is -0.158. The minimum Gasteiger partial charge on any atom is -0.433 e. The molecule has 1 aliphatic heterocycles. The Morgan fingerprint density at radius 1 is 1.64 bits per heavy atom. The Hall–Kier alpha value is -0.920. The number of aliphatic hydroxyl groups is 1. The maximum Gasteiger partial charge on any atom is 0.410 e. The number of amides is 1. The van der Waals surface area contributed by atoms with E-state index in [9.17, 15) is 9.90 Å². The molecule has 0 saturated carbocycles. The normalized spacial score (nSPS) is 19.9. The van der Waals surface area contributed by atoms with Crippen LogP contribution in [0.2, 0.25) is 0 Å². The standard InChI is InChI=1S/C9H12ClNO3/c1-2-9(13)3-5-11(6-4-9)8(12)14-7-10/h1,13H,3-7H2. The number of likely N-dealkylation sites (tertiary alicyclic amines) is 1. The molecule has 1 saturated heterocycles. The van der Waals surface area contributed by atoms with Gasteiger partial charge in [0.1, 0.15) is 5.60 Å². The first-order valence-corrected chi connectivity index (χ1v) is 4.82. The van der Waals surface area contributed by atoms with Crippen LogP contribution in [-0.2, 0) is 4.74 Å². The Balaban J connectivity index is 2.44. The van der Waals surface area contributed by atoms with Crippen molar-refractivity contribution in [3.8, 4) is 12.3 Å². The average Bonchev–Trinajstić information content (AvgIpc) is 2.19. The van der Waals surface area contributed by atoms with Gasteiger partial charge in [-0.15, -0.1) is 6.42 Å². The zero-order valence-electron chi connectivity index (χ0n) is 7.70. The fourth-order valence-corrected chi connectivity index (χ4v) is 1.43. The molecule has 0 aromatic carbocycles. The highest BCUT2D eigenvalue weighted by Crippen LogP contribution is 2.21. The summed E-state index contributed by atoms with van der Waals surface area (Å²) in [6.45, 7) is 0.798. The third kappa shape index (κ3) is 2.53. The molecule has 0 radical (unpaired) electrons. The Bertz CT molecular complexity index is 253. The number of ether oxygens (including phenoxy) is 1. The molecule has 0 bridgehead atoms. The van der Waals surface area contributed by atoms with Crippen LogP contribution in [0, 0.1) is 12.3 Å². The number of nitrogens with zero attached hydrogens (tertiary/aromatic N) is 1. The predicted molar refractivity (Wildman–Crippen MR) is 51.8 cm³/mol. The van der Waals surface area contributed by atoms with Crippen LogP contribution in [0.4, 0.5) is 4.79 Å². The molecule has 4 nitrogen and oxygen atoms in total. The van der Waals surface area contributed by atoms with Crippen molar-refractivity contribution in [1.82, 2.24) is 4.90 Å². The van der Waals surface area contributed by atoms with Crippen molar-refractivity contribution in [3.63, 3.8) is 0 Å². The molecule has 1 heterocycles. The molecule has 1 fully saturated rings. The van der Waals surface area contributed by atoms with E-state index in [2.05, 4.69) is 10.7 Å². The second-order valence-corrected chi connectivity index (χ2v) is 3.40. The van der Waals surface area contributed by atoms with Crippen LogP contribution in [0.3, 0.4) is 0 Å². The summed E-state index contributed by atoms with van der Waals surface area (Å²) in [5.41, 5.74) is -1.07. The lowest BCUT2D eigenvalue weighted by molar-refractivity contribution is 0.0250. The van der Waals surface area contributed by atoms with Crippen LogP contribution in [0.5, 0.6) is 0 Å². The molecule has 5 heteroatoms. The first-order chi connectivity index (χ1) is 6.61. The van der Waals surface area contributed by atoms with Crippen LogP contribution < -0.4 is 0 Å². The van der Waals surface area contributed by atoms with Crippen molar-refractivity contribution in [2.75, 3.05) is 19.2 Å². The Morgan fingerprint density at radius 2 is 2.21 bits per heavy atom. The number of hydrogen-bond donors (Lipinski definition) is 1. The summed E-state index contributed by atoms with van der Waals surface area (Å²) >= 11 is 5.25. The molecule has 14 heavy (non-hydrogen) atoms. The van der Waals surface area contributed by atoms with Gasteiger partial charge in [-0.3, -0.25) is 0 Å². The third-order valence-corrected chi connectivity index (χ3v) is 2.40. The van der Waals surface area contributed by atoms with Gasteiger partial charge in [0, 0.05) is 25.9 Å². The smallest absolute Gasteiger partial charge is 0.410 e. The zero-order valence-corrected chi connectivity index (χ0v) is 8.46. The lowest BCUT2D eigenvalue weighted by Crippen LogP contribution is -2.46. The van der Waals surface area contributed by atoms with E-state index < -0.39 is 11.7 Å². The topological polar surface area (TPSA) is 49.8 Å². The van der Waals surface area contributed by atoms with Crippen molar-refractivity contribution in [1.29, 1.82) is 0 Å². The number of alkyl halides is 1. The van der Waals surface area contributed by atoms with E-state index in [1.54, 1.807) is 0 Å². The number of carbonyl (C=O) groups is 1. The molecule has 1 aliphatic rings. The molecule has 78 valence electrons. The number of carbonyl (C=O) groups excluding carboxylic acids is 1. The highest BCUT2D eigenvalue weighted by atomic mass is 35.5.